The predicted molar refractivity (Wildman–Crippen MR) is 90.6 cm³/mol. The number of hydrogen-bond donors (Lipinski definition) is 1. The first kappa shape index (κ1) is 17.7. The number of amides is 1. The third-order valence-electron chi connectivity index (χ3n) is 5.63. The van der Waals surface area contributed by atoms with E-state index in [1.165, 1.54) is 0 Å². The molecule has 5 atom stereocenters. The van der Waals surface area contributed by atoms with Crippen LogP contribution in [0.1, 0.15) is 72.6 Å². The quantitative estimate of drug-likeness (QED) is 0.858. The minimum absolute atomic E-state index is 0.149. The molecule has 5 heteroatoms. The Morgan fingerprint density at radius 2 is 2.00 bits per heavy atom. The van der Waals surface area contributed by atoms with Crippen LogP contribution < -0.4 is 0 Å². The average Bonchev–Trinajstić information content (AvgIpc) is 3.05. The number of ketones is 1. The largest absolute Gasteiger partial charge is 0.444 e. The van der Waals surface area contributed by atoms with Gasteiger partial charge in [0, 0.05) is 12.5 Å². The van der Waals surface area contributed by atoms with E-state index in [0.29, 0.717) is 18.8 Å². The molecule has 0 spiro atoms. The van der Waals surface area contributed by atoms with Gasteiger partial charge in [-0.25, -0.2) is 4.79 Å². The smallest absolute Gasteiger partial charge is 0.411 e. The lowest BCUT2D eigenvalue weighted by molar-refractivity contribution is -0.125. The first-order valence-electron chi connectivity index (χ1n) is 9.32. The monoisotopic (exact) mass is 337 g/mol. The van der Waals surface area contributed by atoms with Gasteiger partial charge in [0.15, 0.2) is 5.78 Å². The minimum atomic E-state index is -0.647. The van der Waals surface area contributed by atoms with Gasteiger partial charge in [-0.1, -0.05) is 6.42 Å². The van der Waals surface area contributed by atoms with Gasteiger partial charge in [0.2, 0.25) is 0 Å². The van der Waals surface area contributed by atoms with E-state index in [2.05, 4.69) is 0 Å². The summed E-state index contributed by atoms with van der Waals surface area (Å²) in [6.07, 6.45) is 5.37. The maximum Gasteiger partial charge on any atom is 0.411 e. The Balaban J connectivity index is 1.62. The second kappa shape index (κ2) is 6.01. The fourth-order valence-electron chi connectivity index (χ4n) is 4.51. The Hall–Kier alpha value is -1.10. The van der Waals surface area contributed by atoms with Gasteiger partial charge in [-0.2, -0.15) is 0 Å². The zero-order valence-electron chi connectivity index (χ0n) is 15.4. The molecule has 1 amide bonds. The van der Waals surface area contributed by atoms with Crippen molar-refractivity contribution in [1.82, 2.24) is 4.90 Å². The third kappa shape index (κ3) is 3.93. The minimum Gasteiger partial charge on any atom is -0.444 e. The number of nitrogens with zero attached hydrogens (tertiary/aromatic N) is 1. The van der Waals surface area contributed by atoms with Crippen LogP contribution in [0.15, 0.2) is 0 Å². The van der Waals surface area contributed by atoms with Crippen molar-refractivity contribution in [2.75, 3.05) is 0 Å². The first-order chi connectivity index (χ1) is 11.1. The number of carbonyl (C=O) groups excluding carboxylic acids is 2. The standard InChI is InChI=1S/C19H31NO4/c1-18(2,3)24-17(22)20-14-9-13(14)10-15(20)16(21)8-12-6-5-7-19(4,23)11-12/h12-15,23H,5-11H2,1-4H3/t12?,13-,14-,15+,19?/m1/s1. The van der Waals surface area contributed by atoms with Gasteiger partial charge in [0.25, 0.3) is 0 Å². The van der Waals surface area contributed by atoms with Crippen LogP contribution in [0, 0.1) is 11.8 Å². The normalized spacial score (nSPS) is 38.6. The fourth-order valence-corrected chi connectivity index (χ4v) is 4.51. The lowest BCUT2D eigenvalue weighted by Crippen LogP contribution is -2.46. The highest BCUT2D eigenvalue weighted by atomic mass is 16.6. The van der Waals surface area contributed by atoms with Crippen molar-refractivity contribution in [3.63, 3.8) is 0 Å². The van der Waals surface area contributed by atoms with E-state index < -0.39 is 11.2 Å². The summed E-state index contributed by atoms with van der Waals surface area (Å²) in [7, 11) is 0. The molecule has 0 aromatic carbocycles. The molecule has 2 saturated carbocycles. The summed E-state index contributed by atoms with van der Waals surface area (Å²) in [6, 6.07) is -0.126. The summed E-state index contributed by atoms with van der Waals surface area (Å²) in [6.45, 7) is 7.42. The highest BCUT2D eigenvalue weighted by Crippen LogP contribution is 2.49. The van der Waals surface area contributed by atoms with Crippen LogP contribution >= 0.6 is 0 Å². The molecule has 0 bridgehead atoms. The Labute approximate surface area is 144 Å². The molecule has 0 radical (unpaired) electrons. The molecular formula is C19H31NO4. The van der Waals surface area contributed by atoms with Crippen LogP contribution in [0.5, 0.6) is 0 Å². The number of likely N-dealkylation sites (tertiary alicyclic amines) is 1. The van der Waals surface area contributed by atoms with E-state index in [4.69, 9.17) is 4.74 Å². The van der Waals surface area contributed by atoms with Gasteiger partial charge in [-0.05, 0) is 71.6 Å². The van der Waals surface area contributed by atoms with Crippen molar-refractivity contribution in [2.45, 2.75) is 95.9 Å². The Kier molecular flexibility index (Phi) is 4.44. The van der Waals surface area contributed by atoms with Crippen molar-refractivity contribution < 1.29 is 19.4 Å². The van der Waals surface area contributed by atoms with Crippen LogP contribution in [0.3, 0.4) is 0 Å². The lowest BCUT2D eigenvalue weighted by Gasteiger charge is -2.35. The van der Waals surface area contributed by atoms with Gasteiger partial charge in [-0.15, -0.1) is 0 Å². The average molecular weight is 337 g/mol. The topological polar surface area (TPSA) is 66.8 Å². The molecule has 0 aromatic rings. The Bertz CT molecular complexity index is 522. The fraction of sp³-hybridized carbons (Fsp3) is 0.895. The molecule has 2 unspecified atom stereocenters. The summed E-state index contributed by atoms with van der Waals surface area (Å²) in [5.74, 6) is 0.857. The summed E-state index contributed by atoms with van der Waals surface area (Å²) in [4.78, 5) is 27.1. The number of aliphatic hydroxyl groups is 1. The van der Waals surface area contributed by atoms with Crippen molar-refractivity contribution in [3.8, 4) is 0 Å². The zero-order chi connectivity index (χ0) is 17.7. The SMILES string of the molecule is CC1(O)CCCC(CC(=O)[C@@H]2C[C@H]3C[C@H]3N2C(=O)OC(C)(C)C)C1. The van der Waals surface area contributed by atoms with Crippen LogP contribution in [-0.4, -0.2) is 45.2 Å². The summed E-state index contributed by atoms with van der Waals surface area (Å²) >= 11 is 0. The number of rotatable bonds is 3. The predicted octanol–water partition coefficient (Wildman–Crippen LogP) is 3.28. The van der Waals surface area contributed by atoms with Gasteiger partial charge >= 0.3 is 6.09 Å². The lowest BCUT2D eigenvalue weighted by atomic mass is 9.76. The number of fused-ring (bicyclic) bond motifs is 1. The first-order valence-corrected chi connectivity index (χ1v) is 9.32. The summed E-state index contributed by atoms with van der Waals surface area (Å²) in [5, 5.41) is 10.2. The number of Topliss-reactive ketones (excluding diaryl/α,β-unsaturated/α-hetero) is 1. The number of ether oxygens (including phenoxy) is 1. The van der Waals surface area contributed by atoms with Gasteiger partial charge in [-0.3, -0.25) is 9.69 Å². The number of carbonyl (C=O) groups is 2. The maximum atomic E-state index is 12.8. The number of piperidine rings is 1. The molecule has 1 aliphatic heterocycles. The van der Waals surface area contributed by atoms with E-state index in [1.54, 1.807) is 4.90 Å². The molecule has 136 valence electrons. The molecule has 1 saturated heterocycles. The summed E-state index contributed by atoms with van der Waals surface area (Å²) in [5.41, 5.74) is -1.19. The molecule has 1 heterocycles. The third-order valence-corrected chi connectivity index (χ3v) is 5.63. The van der Waals surface area contributed by atoms with Crippen molar-refractivity contribution in [3.05, 3.63) is 0 Å². The molecule has 1 N–H and O–H groups in total. The Morgan fingerprint density at radius 1 is 1.29 bits per heavy atom. The summed E-state index contributed by atoms with van der Waals surface area (Å²) < 4.78 is 5.52. The van der Waals surface area contributed by atoms with Crippen LogP contribution in [0.4, 0.5) is 4.79 Å². The van der Waals surface area contributed by atoms with Gasteiger partial charge in [0.1, 0.15) is 5.60 Å². The molecule has 3 fully saturated rings. The Morgan fingerprint density at radius 3 is 2.62 bits per heavy atom. The molecule has 5 nitrogen and oxygen atoms in total. The van der Waals surface area contributed by atoms with Crippen LogP contribution in [0.25, 0.3) is 0 Å². The second-order valence-corrected chi connectivity index (χ2v) is 9.33. The molecule has 3 rings (SSSR count). The molecular weight excluding hydrogens is 306 g/mol. The van der Waals surface area contributed by atoms with Gasteiger partial charge < -0.3 is 9.84 Å². The van der Waals surface area contributed by atoms with E-state index in [9.17, 15) is 14.7 Å². The second-order valence-electron chi connectivity index (χ2n) is 9.33. The molecule has 3 aliphatic rings. The van der Waals surface area contributed by atoms with Crippen molar-refractivity contribution in [2.24, 2.45) is 11.8 Å². The highest BCUT2D eigenvalue weighted by Gasteiger charge is 2.57. The highest BCUT2D eigenvalue weighted by molar-refractivity contribution is 5.89. The molecule has 2 aliphatic carbocycles. The van der Waals surface area contributed by atoms with E-state index in [1.807, 2.05) is 27.7 Å². The molecule has 24 heavy (non-hydrogen) atoms. The van der Waals surface area contributed by atoms with Gasteiger partial charge in [0.05, 0.1) is 11.6 Å². The van der Waals surface area contributed by atoms with E-state index in [-0.39, 0.29) is 29.9 Å². The van der Waals surface area contributed by atoms with Crippen LogP contribution in [0.2, 0.25) is 0 Å². The van der Waals surface area contributed by atoms with E-state index in [0.717, 1.165) is 32.1 Å². The molecule has 0 aromatic heterocycles. The zero-order valence-corrected chi connectivity index (χ0v) is 15.4. The van der Waals surface area contributed by atoms with Crippen molar-refractivity contribution in [1.29, 1.82) is 0 Å². The number of hydrogen-bond acceptors (Lipinski definition) is 4. The van der Waals surface area contributed by atoms with E-state index >= 15 is 0 Å². The maximum absolute atomic E-state index is 12.8. The van der Waals surface area contributed by atoms with Crippen molar-refractivity contribution >= 4 is 11.9 Å². The van der Waals surface area contributed by atoms with Crippen LogP contribution in [-0.2, 0) is 9.53 Å².